The van der Waals surface area contributed by atoms with Crippen molar-refractivity contribution in [1.82, 2.24) is 10.6 Å². The van der Waals surface area contributed by atoms with E-state index >= 15 is 0 Å². The third kappa shape index (κ3) is 5.77. The summed E-state index contributed by atoms with van der Waals surface area (Å²) in [5.74, 6) is 1.36. The summed E-state index contributed by atoms with van der Waals surface area (Å²) in [6, 6.07) is 8.67. The zero-order valence-corrected chi connectivity index (χ0v) is 12.7. The number of nitrogens with zero attached hydrogens (tertiary/aromatic N) is 1. The third-order valence-electron chi connectivity index (χ3n) is 3.02. The quantitative estimate of drug-likeness (QED) is 0.610. The molecule has 0 saturated heterocycles. The molecule has 106 valence electrons. The first-order chi connectivity index (χ1) is 9.17. The number of hydrogen-bond donors (Lipinski definition) is 2. The average Bonchev–Trinajstić information content (AvgIpc) is 2.41. The van der Waals surface area contributed by atoms with Gasteiger partial charge in [-0.15, -0.1) is 0 Å². The van der Waals surface area contributed by atoms with Gasteiger partial charge in [0.2, 0.25) is 0 Å². The number of aryl methyl sites for hydroxylation is 1. The van der Waals surface area contributed by atoms with Gasteiger partial charge in [-0.3, -0.25) is 4.99 Å². The van der Waals surface area contributed by atoms with Gasteiger partial charge < -0.3 is 10.6 Å². The smallest absolute Gasteiger partial charge is 0.191 e. The van der Waals surface area contributed by atoms with Crippen LogP contribution in [0.25, 0.3) is 0 Å². The standard InChI is InChI=1S/C16H27N3/c1-5-10-18-16(17-6-2)19-12-14(4)15-9-7-8-13(3)11-15/h7-9,11,14H,5-6,10,12H2,1-4H3,(H2,17,18,19). The molecule has 0 aliphatic carbocycles. The Hall–Kier alpha value is -1.51. The highest BCUT2D eigenvalue weighted by Gasteiger charge is 2.05. The van der Waals surface area contributed by atoms with E-state index < -0.39 is 0 Å². The summed E-state index contributed by atoms with van der Waals surface area (Å²) in [7, 11) is 0. The van der Waals surface area contributed by atoms with E-state index in [1.165, 1.54) is 11.1 Å². The van der Waals surface area contributed by atoms with Gasteiger partial charge >= 0.3 is 0 Å². The first kappa shape index (κ1) is 15.5. The van der Waals surface area contributed by atoms with E-state index in [-0.39, 0.29) is 0 Å². The first-order valence-electron chi connectivity index (χ1n) is 7.26. The molecule has 0 radical (unpaired) electrons. The molecule has 2 N–H and O–H groups in total. The van der Waals surface area contributed by atoms with Gasteiger partial charge in [-0.2, -0.15) is 0 Å². The lowest BCUT2D eigenvalue weighted by molar-refractivity contribution is 0.741. The molecule has 19 heavy (non-hydrogen) atoms. The minimum Gasteiger partial charge on any atom is -0.357 e. The predicted molar refractivity (Wildman–Crippen MR) is 83.9 cm³/mol. The zero-order chi connectivity index (χ0) is 14.1. The number of benzene rings is 1. The van der Waals surface area contributed by atoms with Crippen LogP contribution in [-0.4, -0.2) is 25.6 Å². The fraction of sp³-hybridized carbons (Fsp3) is 0.562. The lowest BCUT2D eigenvalue weighted by atomic mass is 10.00. The summed E-state index contributed by atoms with van der Waals surface area (Å²) in [5.41, 5.74) is 2.67. The van der Waals surface area contributed by atoms with Gasteiger partial charge in [-0.25, -0.2) is 0 Å². The van der Waals surface area contributed by atoms with E-state index in [1.807, 2.05) is 0 Å². The van der Waals surface area contributed by atoms with Gasteiger partial charge in [0, 0.05) is 25.6 Å². The van der Waals surface area contributed by atoms with Gasteiger partial charge in [-0.05, 0) is 25.8 Å². The third-order valence-corrected chi connectivity index (χ3v) is 3.02. The Labute approximate surface area is 117 Å². The van der Waals surface area contributed by atoms with Crippen LogP contribution < -0.4 is 10.6 Å². The maximum atomic E-state index is 4.65. The fourth-order valence-corrected chi connectivity index (χ4v) is 1.90. The summed E-state index contributed by atoms with van der Waals surface area (Å²) >= 11 is 0. The maximum absolute atomic E-state index is 4.65. The number of rotatable bonds is 6. The Morgan fingerprint density at radius 3 is 2.68 bits per heavy atom. The normalized spacial score (nSPS) is 13.2. The summed E-state index contributed by atoms with van der Waals surface area (Å²) < 4.78 is 0. The molecule has 1 rings (SSSR count). The Morgan fingerprint density at radius 1 is 1.26 bits per heavy atom. The van der Waals surface area contributed by atoms with Crippen LogP contribution in [0.15, 0.2) is 29.3 Å². The second-order valence-electron chi connectivity index (χ2n) is 4.96. The molecule has 1 aromatic rings. The molecular weight excluding hydrogens is 234 g/mol. The van der Waals surface area contributed by atoms with E-state index in [1.54, 1.807) is 0 Å². The van der Waals surface area contributed by atoms with Gasteiger partial charge in [0.25, 0.3) is 0 Å². The van der Waals surface area contributed by atoms with Crippen molar-refractivity contribution in [2.75, 3.05) is 19.6 Å². The van der Waals surface area contributed by atoms with Crippen molar-refractivity contribution in [3.8, 4) is 0 Å². The zero-order valence-electron chi connectivity index (χ0n) is 12.7. The van der Waals surface area contributed by atoms with Crippen LogP contribution in [0.5, 0.6) is 0 Å². The van der Waals surface area contributed by atoms with Crippen LogP contribution in [0.3, 0.4) is 0 Å². The van der Waals surface area contributed by atoms with Gasteiger partial charge in [-0.1, -0.05) is 43.7 Å². The molecule has 0 aromatic heterocycles. The van der Waals surface area contributed by atoms with Crippen molar-refractivity contribution in [3.05, 3.63) is 35.4 Å². The van der Waals surface area contributed by atoms with Crippen LogP contribution in [-0.2, 0) is 0 Å². The lowest BCUT2D eigenvalue weighted by Crippen LogP contribution is -2.37. The van der Waals surface area contributed by atoms with Crippen molar-refractivity contribution < 1.29 is 0 Å². The predicted octanol–water partition coefficient (Wildman–Crippen LogP) is 3.06. The van der Waals surface area contributed by atoms with E-state index in [2.05, 4.69) is 67.6 Å². The molecular formula is C16H27N3. The SMILES string of the molecule is CCCNC(=NCC(C)c1cccc(C)c1)NCC. The lowest BCUT2D eigenvalue weighted by Gasteiger charge is -2.13. The molecule has 0 aliphatic rings. The highest BCUT2D eigenvalue weighted by atomic mass is 15.2. The molecule has 3 heteroatoms. The van der Waals surface area contributed by atoms with Crippen LogP contribution in [0.4, 0.5) is 0 Å². The monoisotopic (exact) mass is 261 g/mol. The number of aliphatic imine (C=N–C) groups is 1. The van der Waals surface area contributed by atoms with Crippen molar-refractivity contribution in [3.63, 3.8) is 0 Å². The van der Waals surface area contributed by atoms with Crippen molar-refractivity contribution in [2.45, 2.75) is 40.0 Å². The van der Waals surface area contributed by atoms with Gasteiger partial charge in [0.05, 0.1) is 0 Å². The molecule has 0 heterocycles. The van der Waals surface area contributed by atoms with Crippen LogP contribution in [0, 0.1) is 6.92 Å². The summed E-state index contributed by atoms with van der Waals surface area (Å²) in [4.78, 5) is 4.65. The van der Waals surface area contributed by atoms with E-state index in [0.29, 0.717) is 5.92 Å². The minimum atomic E-state index is 0.442. The van der Waals surface area contributed by atoms with E-state index in [9.17, 15) is 0 Å². The van der Waals surface area contributed by atoms with E-state index in [0.717, 1.165) is 32.0 Å². The number of hydrogen-bond acceptors (Lipinski definition) is 1. The Kier molecular flexibility index (Phi) is 7.01. The van der Waals surface area contributed by atoms with Crippen molar-refractivity contribution in [2.24, 2.45) is 4.99 Å². The van der Waals surface area contributed by atoms with Crippen molar-refractivity contribution in [1.29, 1.82) is 0 Å². The molecule has 0 fully saturated rings. The molecule has 3 nitrogen and oxygen atoms in total. The highest BCUT2D eigenvalue weighted by molar-refractivity contribution is 5.79. The van der Waals surface area contributed by atoms with Gasteiger partial charge in [0.15, 0.2) is 5.96 Å². The van der Waals surface area contributed by atoms with Crippen LogP contribution in [0.2, 0.25) is 0 Å². The summed E-state index contributed by atoms with van der Waals surface area (Å²) in [6.45, 7) is 11.3. The Balaban J connectivity index is 2.60. The second-order valence-corrected chi connectivity index (χ2v) is 4.96. The fourth-order valence-electron chi connectivity index (χ4n) is 1.90. The molecule has 0 spiro atoms. The Bertz CT molecular complexity index is 399. The molecule has 0 amide bonds. The average molecular weight is 261 g/mol. The minimum absolute atomic E-state index is 0.442. The number of guanidine groups is 1. The molecule has 0 saturated carbocycles. The van der Waals surface area contributed by atoms with Gasteiger partial charge in [0.1, 0.15) is 0 Å². The molecule has 0 bridgehead atoms. The largest absolute Gasteiger partial charge is 0.357 e. The highest BCUT2D eigenvalue weighted by Crippen LogP contribution is 2.16. The Morgan fingerprint density at radius 2 is 2.05 bits per heavy atom. The number of nitrogens with one attached hydrogen (secondary N) is 2. The van der Waals surface area contributed by atoms with E-state index in [4.69, 9.17) is 0 Å². The molecule has 1 unspecified atom stereocenters. The molecule has 1 atom stereocenters. The molecule has 0 aliphatic heterocycles. The summed E-state index contributed by atoms with van der Waals surface area (Å²) in [5, 5.41) is 6.60. The first-order valence-corrected chi connectivity index (χ1v) is 7.26. The molecule has 1 aromatic carbocycles. The summed E-state index contributed by atoms with van der Waals surface area (Å²) in [6.07, 6.45) is 1.11. The maximum Gasteiger partial charge on any atom is 0.191 e. The van der Waals surface area contributed by atoms with Crippen LogP contribution >= 0.6 is 0 Å². The van der Waals surface area contributed by atoms with Crippen LogP contribution in [0.1, 0.15) is 44.2 Å². The topological polar surface area (TPSA) is 36.4 Å². The second kappa shape index (κ2) is 8.57. The van der Waals surface area contributed by atoms with Crippen molar-refractivity contribution >= 4 is 5.96 Å².